The minimum Gasteiger partial charge on any atom is -0.393 e. The van der Waals surface area contributed by atoms with Crippen LogP contribution in [0.3, 0.4) is 0 Å². The molecule has 4 fully saturated rings. The van der Waals surface area contributed by atoms with Crippen LogP contribution in [0.5, 0.6) is 0 Å². The van der Waals surface area contributed by atoms with Crippen molar-refractivity contribution in [1.82, 2.24) is 0 Å². The summed E-state index contributed by atoms with van der Waals surface area (Å²) in [4.78, 5) is 0. The molecule has 5 aliphatic rings. The highest BCUT2D eigenvalue weighted by atomic mass is 16.5. The van der Waals surface area contributed by atoms with Gasteiger partial charge in [0.25, 0.3) is 0 Å². The van der Waals surface area contributed by atoms with Crippen LogP contribution < -0.4 is 0 Å². The molecule has 5 rings (SSSR count). The van der Waals surface area contributed by atoms with Gasteiger partial charge in [-0.15, -0.1) is 0 Å². The van der Waals surface area contributed by atoms with Crippen molar-refractivity contribution in [3.63, 3.8) is 0 Å². The molecule has 0 amide bonds. The number of rotatable bonds is 2. The first kappa shape index (κ1) is 27.1. The van der Waals surface area contributed by atoms with Crippen molar-refractivity contribution in [2.75, 3.05) is 0 Å². The van der Waals surface area contributed by atoms with Gasteiger partial charge < -0.3 is 25.2 Å². The van der Waals surface area contributed by atoms with Crippen LogP contribution in [0.1, 0.15) is 107 Å². The van der Waals surface area contributed by atoms with E-state index in [9.17, 15) is 20.4 Å². The van der Waals surface area contributed by atoms with Crippen molar-refractivity contribution in [3.8, 4) is 0 Å². The maximum atomic E-state index is 11.9. The molecule has 206 valence electrons. The first-order valence-electron chi connectivity index (χ1n) is 14.4. The van der Waals surface area contributed by atoms with Gasteiger partial charge in [0.2, 0.25) is 0 Å². The minimum absolute atomic E-state index is 0.0389. The van der Waals surface area contributed by atoms with Gasteiger partial charge >= 0.3 is 0 Å². The highest BCUT2D eigenvalue weighted by Gasteiger charge is 2.73. The molecular formula is C31H52O5. The maximum Gasteiger partial charge on any atom is 0.0865 e. The lowest BCUT2D eigenvalue weighted by atomic mass is 9.35. The van der Waals surface area contributed by atoms with Crippen LogP contribution in [0.25, 0.3) is 0 Å². The second-order valence-electron chi connectivity index (χ2n) is 15.7. The first-order valence-corrected chi connectivity index (χ1v) is 14.4. The molecule has 0 bridgehead atoms. The summed E-state index contributed by atoms with van der Waals surface area (Å²) in [5.74, 6) is 0.146. The molecular weight excluding hydrogens is 452 g/mol. The van der Waals surface area contributed by atoms with Gasteiger partial charge in [0.15, 0.2) is 0 Å². The van der Waals surface area contributed by atoms with Gasteiger partial charge in [-0.1, -0.05) is 53.2 Å². The second-order valence-corrected chi connectivity index (χ2v) is 15.7. The van der Waals surface area contributed by atoms with Gasteiger partial charge in [0, 0.05) is 11.3 Å². The number of hydrogen-bond donors (Lipinski definition) is 4. The summed E-state index contributed by atoms with van der Waals surface area (Å²) >= 11 is 0. The lowest BCUT2D eigenvalue weighted by molar-refractivity contribution is -0.227. The predicted molar refractivity (Wildman–Crippen MR) is 141 cm³/mol. The Labute approximate surface area is 218 Å². The summed E-state index contributed by atoms with van der Waals surface area (Å²) in [5, 5.41) is 45.3. The molecule has 5 heteroatoms. The van der Waals surface area contributed by atoms with Crippen LogP contribution in [0.15, 0.2) is 11.6 Å². The zero-order valence-electron chi connectivity index (χ0n) is 24.2. The van der Waals surface area contributed by atoms with Crippen LogP contribution in [-0.2, 0) is 4.74 Å². The molecule has 4 aliphatic carbocycles. The molecule has 36 heavy (non-hydrogen) atoms. The summed E-state index contributed by atoms with van der Waals surface area (Å²) in [5.41, 5.74) is -1.34. The third kappa shape index (κ3) is 3.01. The molecule has 4 N–H and O–H groups in total. The zero-order chi connectivity index (χ0) is 26.9. The summed E-state index contributed by atoms with van der Waals surface area (Å²) in [6.45, 7) is 19.3. The van der Waals surface area contributed by atoms with Crippen molar-refractivity contribution in [2.45, 2.75) is 143 Å². The molecule has 0 spiro atoms. The highest BCUT2D eigenvalue weighted by molar-refractivity contribution is 5.37. The zero-order valence-corrected chi connectivity index (χ0v) is 24.2. The number of ether oxygens (including phenoxy) is 1. The van der Waals surface area contributed by atoms with Gasteiger partial charge in [-0.25, -0.2) is 0 Å². The average molecular weight is 505 g/mol. The van der Waals surface area contributed by atoms with Crippen molar-refractivity contribution < 1.29 is 25.2 Å². The molecule has 11 unspecified atom stereocenters. The molecule has 0 radical (unpaired) electrons. The smallest absolute Gasteiger partial charge is 0.0865 e. The van der Waals surface area contributed by atoms with E-state index in [4.69, 9.17) is 4.74 Å². The maximum absolute atomic E-state index is 11.9. The lowest BCUT2D eigenvalue weighted by Gasteiger charge is -2.70. The molecule has 0 aromatic carbocycles. The predicted octanol–water partition coefficient (Wildman–Crippen LogP) is 4.99. The number of fused-ring (bicyclic) bond motifs is 5. The normalized spacial score (nSPS) is 56.5. The molecule has 11 atom stereocenters. The Morgan fingerprint density at radius 2 is 1.53 bits per heavy atom. The summed E-state index contributed by atoms with van der Waals surface area (Å²) in [6, 6.07) is 0. The molecule has 5 nitrogen and oxygen atoms in total. The first-order chi connectivity index (χ1) is 16.3. The fourth-order valence-corrected chi connectivity index (χ4v) is 10.7. The topological polar surface area (TPSA) is 90.2 Å². The molecule has 0 aromatic rings. The second kappa shape index (κ2) is 7.59. The third-order valence-corrected chi connectivity index (χ3v) is 13.7. The van der Waals surface area contributed by atoms with E-state index in [-0.39, 0.29) is 34.2 Å². The van der Waals surface area contributed by atoms with Crippen molar-refractivity contribution in [1.29, 1.82) is 0 Å². The van der Waals surface area contributed by atoms with Crippen molar-refractivity contribution in [2.24, 2.45) is 38.9 Å². The fourth-order valence-electron chi connectivity index (χ4n) is 10.7. The highest BCUT2D eigenvalue weighted by Crippen LogP contribution is 2.76. The Balaban J connectivity index is 1.57. The Kier molecular flexibility index (Phi) is 5.72. The van der Waals surface area contributed by atoms with E-state index in [0.717, 1.165) is 32.1 Å². The number of allylic oxidation sites excluding steroid dienone is 2. The quantitative estimate of drug-likeness (QED) is 0.398. The fraction of sp³-hybridized carbons (Fsp3) is 0.935. The third-order valence-electron chi connectivity index (χ3n) is 13.7. The van der Waals surface area contributed by atoms with E-state index in [0.29, 0.717) is 12.8 Å². The SMILES string of the molecule is CC(C)(O)C1CCC(C)(C2C(O)CC3(C)C4CC(O)C5(C)C(C)(CCC(O)C5(C)C)C4=CCC23C)O1. The van der Waals surface area contributed by atoms with E-state index in [1.165, 1.54) is 5.57 Å². The monoisotopic (exact) mass is 504 g/mol. The van der Waals surface area contributed by atoms with Crippen molar-refractivity contribution >= 4 is 0 Å². The van der Waals surface area contributed by atoms with Crippen LogP contribution in [0, 0.1) is 38.9 Å². The summed E-state index contributed by atoms with van der Waals surface area (Å²) < 4.78 is 6.64. The van der Waals surface area contributed by atoms with Crippen LogP contribution in [-0.4, -0.2) is 56.0 Å². The number of hydrogen-bond acceptors (Lipinski definition) is 5. The van der Waals surface area contributed by atoms with E-state index in [2.05, 4.69) is 54.5 Å². The Morgan fingerprint density at radius 3 is 2.11 bits per heavy atom. The van der Waals surface area contributed by atoms with Crippen LogP contribution in [0.2, 0.25) is 0 Å². The minimum atomic E-state index is -0.907. The molecule has 1 aliphatic heterocycles. The molecule has 1 heterocycles. The lowest BCUT2D eigenvalue weighted by Crippen LogP contribution is -2.68. The molecule has 0 aromatic heterocycles. The largest absolute Gasteiger partial charge is 0.393 e. The number of aliphatic hydroxyl groups is 4. The van der Waals surface area contributed by atoms with Crippen LogP contribution >= 0.6 is 0 Å². The Morgan fingerprint density at radius 1 is 0.889 bits per heavy atom. The van der Waals surface area contributed by atoms with Gasteiger partial charge in [-0.2, -0.15) is 0 Å². The summed E-state index contributed by atoms with van der Waals surface area (Å²) in [7, 11) is 0. The van der Waals surface area contributed by atoms with Crippen LogP contribution in [0.4, 0.5) is 0 Å². The van der Waals surface area contributed by atoms with Gasteiger partial charge in [0.05, 0.1) is 35.6 Å². The van der Waals surface area contributed by atoms with E-state index in [1.807, 2.05) is 13.8 Å². The number of aliphatic hydroxyl groups excluding tert-OH is 3. The van der Waals surface area contributed by atoms with E-state index < -0.39 is 40.3 Å². The molecule has 3 saturated carbocycles. The van der Waals surface area contributed by atoms with Gasteiger partial charge in [0.1, 0.15) is 0 Å². The van der Waals surface area contributed by atoms with Gasteiger partial charge in [-0.3, -0.25) is 0 Å². The van der Waals surface area contributed by atoms with Gasteiger partial charge in [-0.05, 0) is 93.3 Å². The molecule has 1 saturated heterocycles. The Bertz CT molecular complexity index is 951. The Hall–Kier alpha value is -0.460. The average Bonchev–Trinajstić information content (AvgIpc) is 3.24. The van der Waals surface area contributed by atoms with E-state index in [1.54, 1.807) is 0 Å². The van der Waals surface area contributed by atoms with E-state index >= 15 is 0 Å². The summed E-state index contributed by atoms with van der Waals surface area (Å²) in [6.07, 6.45) is 6.32. The standard InChI is InChI=1S/C31H52O5/c1-25(2)21(33)11-14-27(5)18-10-13-28(6)24(30(8)15-12-23(36-30)26(3,4)35)20(32)17-29(28,7)19(18)16-22(34)31(25,27)9/h10,19-24,32-35H,11-17H2,1-9H3. The van der Waals surface area contributed by atoms with Crippen molar-refractivity contribution in [3.05, 3.63) is 11.6 Å².